The molecule has 5 N–H and O–H groups in total. The van der Waals surface area contributed by atoms with Crippen molar-refractivity contribution in [3.63, 3.8) is 0 Å². The van der Waals surface area contributed by atoms with Crippen LogP contribution in [0.2, 0.25) is 0 Å². The van der Waals surface area contributed by atoms with Crippen LogP contribution in [0.3, 0.4) is 0 Å². The second kappa shape index (κ2) is 20.1. The first-order valence-electron chi connectivity index (χ1n) is 20.6. The number of fused-ring (bicyclic) bond motifs is 2. The molecule has 0 fully saturated rings. The van der Waals surface area contributed by atoms with Gasteiger partial charge in [0.2, 0.25) is 5.91 Å². The quantitative estimate of drug-likeness (QED) is 0.0621. The van der Waals surface area contributed by atoms with Crippen LogP contribution in [0.5, 0.6) is 0 Å². The molecule has 0 aromatic heterocycles. The first-order chi connectivity index (χ1) is 26.6. The molecule has 2 aliphatic heterocycles. The molecule has 1 amide bonds. The molecule has 16 heteroatoms. The number of nitrogens with one attached hydrogen (secondary N) is 2. The van der Waals surface area contributed by atoms with Crippen molar-refractivity contribution in [3.8, 4) is 0 Å². The summed E-state index contributed by atoms with van der Waals surface area (Å²) in [5.74, 6) is -0.644. The van der Waals surface area contributed by atoms with Gasteiger partial charge < -0.3 is 10.2 Å². The molecule has 0 saturated carbocycles. The van der Waals surface area contributed by atoms with E-state index in [9.17, 15) is 43.7 Å². The average Bonchev–Trinajstić information content (AvgIpc) is 3.55. The normalized spacial score (nSPS) is 21.1. The van der Waals surface area contributed by atoms with E-state index < -0.39 is 36.1 Å². The van der Waals surface area contributed by atoms with Crippen LogP contribution in [0.25, 0.3) is 0 Å². The largest absolute Gasteiger partial charge is 0.368 e. The van der Waals surface area contributed by atoms with Gasteiger partial charge in [-0.3, -0.25) is 23.4 Å². The minimum atomic E-state index is -4.42. The molecule has 2 aliphatic rings. The predicted molar refractivity (Wildman–Crippen MR) is 224 cm³/mol. The van der Waals surface area contributed by atoms with Gasteiger partial charge in [-0.25, -0.2) is 0 Å². The van der Waals surface area contributed by atoms with E-state index in [0.717, 1.165) is 74.7 Å². The van der Waals surface area contributed by atoms with Crippen LogP contribution in [0, 0.1) is 5.41 Å². The second-order valence-corrected chi connectivity index (χ2v) is 22.2. The summed E-state index contributed by atoms with van der Waals surface area (Å²) in [4.78, 5) is 15.6. The fourth-order valence-corrected chi connectivity index (χ4v) is 10.6. The van der Waals surface area contributed by atoms with Crippen LogP contribution in [-0.2, 0) is 47.0 Å². The zero-order valence-electron chi connectivity index (χ0n) is 34.2. The summed E-state index contributed by atoms with van der Waals surface area (Å²) in [6.07, 6.45) is 11.6. The van der Waals surface area contributed by atoms with Gasteiger partial charge in [-0.05, 0) is 93.5 Å². The number of rotatable bonds is 24. The van der Waals surface area contributed by atoms with Crippen molar-refractivity contribution in [1.29, 1.82) is 0 Å². The molecule has 0 aliphatic carbocycles. The highest BCUT2D eigenvalue weighted by molar-refractivity contribution is 7.86. The van der Waals surface area contributed by atoms with E-state index in [2.05, 4.69) is 50.0 Å². The Kier molecular flexibility index (Phi) is 16.6. The monoisotopic (exact) mass is 856 g/mol. The molecular weight excluding hydrogens is 791 g/mol. The van der Waals surface area contributed by atoms with Crippen LogP contribution in [0.1, 0.15) is 129 Å². The maximum absolute atomic E-state index is 12.6. The number of amides is 1. The first kappa shape index (κ1) is 47.1. The fraction of sp³-hybridized carbons (Fsp3) is 0.683. The van der Waals surface area contributed by atoms with E-state index in [4.69, 9.17) is 0 Å². The van der Waals surface area contributed by atoms with Gasteiger partial charge >= 0.3 is 0 Å². The van der Waals surface area contributed by atoms with E-state index in [0.29, 0.717) is 44.3 Å². The van der Waals surface area contributed by atoms with E-state index in [1.807, 2.05) is 12.1 Å². The van der Waals surface area contributed by atoms with Crippen molar-refractivity contribution in [2.24, 2.45) is 5.41 Å². The van der Waals surface area contributed by atoms with Crippen molar-refractivity contribution >= 4 is 47.6 Å². The van der Waals surface area contributed by atoms with E-state index >= 15 is 0 Å². The number of nitrogens with zero attached hydrogens (tertiary/aromatic N) is 1. The summed E-state index contributed by atoms with van der Waals surface area (Å²) in [5, 5.41) is 3.08. The maximum Gasteiger partial charge on any atom is 0.294 e. The summed E-state index contributed by atoms with van der Waals surface area (Å²) in [6, 6.07) is 12.7. The minimum Gasteiger partial charge on any atom is -0.368 e. The van der Waals surface area contributed by atoms with Crippen LogP contribution < -0.4 is 15.1 Å². The Hall–Kier alpha value is -2.60. The number of hydrogen-bond donors (Lipinski definition) is 5. The average molecular weight is 857 g/mol. The number of benzene rings is 2. The molecule has 2 heterocycles. The van der Waals surface area contributed by atoms with Gasteiger partial charge in [0.25, 0.3) is 30.4 Å². The van der Waals surface area contributed by atoms with Gasteiger partial charge in [0.15, 0.2) is 0 Å². The molecule has 0 spiro atoms. The summed E-state index contributed by atoms with van der Waals surface area (Å²) in [5.41, 5.74) is 3.93. The summed E-state index contributed by atoms with van der Waals surface area (Å²) >= 11 is 0. The smallest absolute Gasteiger partial charge is 0.294 e. The summed E-state index contributed by atoms with van der Waals surface area (Å²) < 4.78 is 98.9. The molecule has 0 radical (unpaired) electrons. The lowest BCUT2D eigenvalue weighted by Crippen LogP contribution is -3.11. The topological polar surface area (TPSA) is 200 Å². The molecule has 2 aromatic carbocycles. The van der Waals surface area contributed by atoms with Crippen molar-refractivity contribution in [3.05, 3.63) is 53.6 Å². The molecule has 4 rings (SSSR count). The van der Waals surface area contributed by atoms with Crippen LogP contribution in [-0.4, -0.2) is 88.0 Å². The highest BCUT2D eigenvalue weighted by Crippen LogP contribution is 2.43. The lowest BCUT2D eigenvalue weighted by molar-refractivity contribution is -0.859. The van der Waals surface area contributed by atoms with E-state index in [1.54, 1.807) is 6.07 Å². The van der Waals surface area contributed by atoms with Crippen LogP contribution >= 0.6 is 0 Å². The third kappa shape index (κ3) is 14.6. The van der Waals surface area contributed by atoms with Crippen LogP contribution in [0.4, 0.5) is 11.4 Å². The van der Waals surface area contributed by atoms with E-state index in [1.165, 1.54) is 29.0 Å². The molecule has 4 unspecified atom stereocenters. The zero-order valence-corrected chi connectivity index (χ0v) is 36.7. The van der Waals surface area contributed by atoms with E-state index in [-0.39, 0.29) is 46.9 Å². The number of carbonyl (C=O) groups excluding carboxylic acids is 1. The number of anilines is 1. The highest BCUT2D eigenvalue weighted by atomic mass is 32.2. The third-order valence-electron chi connectivity index (χ3n) is 11.8. The second-order valence-electron chi connectivity index (χ2n) is 17.6. The fourth-order valence-electron chi connectivity index (χ4n) is 9.07. The van der Waals surface area contributed by atoms with Gasteiger partial charge in [0.1, 0.15) is 11.7 Å². The molecule has 2 aromatic rings. The number of carbonyl (C=O) groups is 1. The standard InChI is InChI=1S/C41H65N3O10S3/c1-40(2,3)23-10-6-12-25-42-39(45)20-7-5-11-24-41(4)35-17-8-9-18-37(35)44(27-15-29-56(49,50)51)38(41)19-13-16-33-30-32-31-34(57(52,53)54)21-22-36(32)43(33)26-14-28-55(46,47)48/h8-9,17-18,21-22,31,33,38H,5-7,10-16,19-20,23-30H2,1-4H3,(H,42,45)(H,46,47,48)(H,49,50,51)(H,52,53,54)/p+1. The van der Waals surface area contributed by atoms with Gasteiger partial charge in [0, 0.05) is 49.6 Å². The number of hydrogen-bond acceptors (Lipinski definition) is 8. The highest BCUT2D eigenvalue weighted by Gasteiger charge is 2.51. The van der Waals surface area contributed by atoms with Gasteiger partial charge in [-0.2, -0.15) is 25.3 Å². The lowest BCUT2D eigenvalue weighted by atomic mass is 9.72. The van der Waals surface area contributed by atoms with Gasteiger partial charge in [-0.15, -0.1) is 0 Å². The lowest BCUT2D eigenvalue weighted by Gasteiger charge is -2.34. The Bertz CT molecular complexity index is 1980. The molecule has 322 valence electrons. The van der Waals surface area contributed by atoms with Gasteiger partial charge in [-0.1, -0.05) is 64.7 Å². The van der Waals surface area contributed by atoms with Crippen molar-refractivity contribution in [1.82, 2.24) is 5.32 Å². The Labute approximate surface area is 341 Å². The number of quaternary nitrogens is 1. The van der Waals surface area contributed by atoms with Crippen molar-refractivity contribution < 1.29 is 48.6 Å². The Balaban J connectivity index is 1.43. The Morgan fingerprint density at radius 3 is 2.21 bits per heavy atom. The maximum atomic E-state index is 12.6. The molecule has 0 saturated heterocycles. The molecule has 57 heavy (non-hydrogen) atoms. The number of unbranched alkanes of at least 4 members (excludes halogenated alkanes) is 4. The predicted octanol–water partition coefficient (Wildman–Crippen LogP) is 5.92. The summed E-state index contributed by atoms with van der Waals surface area (Å²) in [7, 11) is -12.7. The molecule has 13 nitrogen and oxygen atoms in total. The Morgan fingerprint density at radius 2 is 1.53 bits per heavy atom. The Morgan fingerprint density at radius 1 is 0.842 bits per heavy atom. The summed E-state index contributed by atoms with van der Waals surface area (Å²) in [6.45, 7) is 10.6. The zero-order chi connectivity index (χ0) is 42.1. The minimum absolute atomic E-state index is 0.0781. The molecular formula is C41H66N3O10S3+. The number of para-hydroxylation sites is 1. The van der Waals surface area contributed by atoms with Crippen molar-refractivity contribution in [2.45, 2.75) is 146 Å². The van der Waals surface area contributed by atoms with Gasteiger partial charge in [0.05, 0.1) is 28.4 Å². The third-order valence-corrected chi connectivity index (χ3v) is 14.3. The first-order valence-corrected chi connectivity index (χ1v) is 25.2. The van der Waals surface area contributed by atoms with Crippen molar-refractivity contribution in [2.75, 3.05) is 36.0 Å². The molecule has 4 atom stereocenters. The molecule has 0 bridgehead atoms. The van der Waals surface area contributed by atoms with Crippen LogP contribution in [0.15, 0.2) is 47.4 Å². The SMILES string of the molecule is CC(C)(C)CCCCCNC(=O)CCCCCC1(C)c2ccccc2[NH+](CCCS(=O)(=O)O)C1CCCC1Cc2cc(S(=O)(=O)O)ccc2N1CCCS(=O)(=O)O.